The summed E-state index contributed by atoms with van der Waals surface area (Å²) in [5.74, 6) is -0.173. The lowest BCUT2D eigenvalue weighted by atomic mass is 10.1. The molecular weight excluding hydrogens is 403 g/mol. The molecule has 0 bridgehead atoms. The largest absolute Gasteiger partial charge is 0.494 e. The topological polar surface area (TPSA) is 86.8 Å². The second-order valence-corrected chi connectivity index (χ2v) is 6.40. The number of carbonyl (C=O) groups excluding carboxylic acids is 2. The summed E-state index contributed by atoms with van der Waals surface area (Å²) >= 11 is 0. The number of nitrogens with zero attached hydrogens (tertiary/aromatic N) is 1. The first-order valence-corrected chi connectivity index (χ1v) is 9.31. The van der Waals surface area contributed by atoms with E-state index in [4.69, 9.17) is 14.2 Å². The number of benzene rings is 2. The van der Waals surface area contributed by atoms with Crippen LogP contribution in [0.1, 0.15) is 20.8 Å². The summed E-state index contributed by atoms with van der Waals surface area (Å²) in [5.41, 5.74) is 0.799. The highest BCUT2D eigenvalue weighted by Crippen LogP contribution is 2.30. The molecule has 7 nitrogen and oxygen atoms in total. The van der Waals surface area contributed by atoms with E-state index in [1.54, 1.807) is 30.3 Å². The monoisotopic (exact) mass is 424 g/mol. The Morgan fingerprint density at radius 3 is 2.26 bits per heavy atom. The van der Waals surface area contributed by atoms with Gasteiger partial charge in [0.05, 0.1) is 27.9 Å². The van der Waals surface area contributed by atoms with Crippen molar-refractivity contribution >= 4 is 11.7 Å². The number of hydrogen-bond acceptors (Lipinski definition) is 6. The van der Waals surface area contributed by atoms with Crippen LogP contribution >= 0.6 is 0 Å². The first-order valence-electron chi connectivity index (χ1n) is 9.31. The van der Waals surface area contributed by atoms with Crippen molar-refractivity contribution in [1.29, 1.82) is 0 Å². The zero-order valence-electron chi connectivity index (χ0n) is 17.3. The number of aromatic nitrogens is 1. The highest BCUT2D eigenvalue weighted by atomic mass is 19.1. The van der Waals surface area contributed by atoms with E-state index < -0.39 is 17.5 Å². The Morgan fingerprint density at radius 2 is 1.58 bits per heavy atom. The molecule has 160 valence electrons. The fraction of sp³-hybridized carbons (Fsp3) is 0.174. The number of halogens is 1. The van der Waals surface area contributed by atoms with Crippen LogP contribution in [-0.4, -0.2) is 44.5 Å². The van der Waals surface area contributed by atoms with E-state index in [0.29, 0.717) is 22.8 Å². The van der Waals surface area contributed by atoms with E-state index in [9.17, 15) is 14.0 Å². The average Bonchev–Trinajstić information content (AvgIpc) is 2.81. The van der Waals surface area contributed by atoms with Gasteiger partial charge in [-0.1, -0.05) is 12.1 Å². The van der Waals surface area contributed by atoms with Gasteiger partial charge >= 0.3 is 0 Å². The number of hydrogen-bond donors (Lipinski definition) is 1. The molecule has 0 unspecified atom stereocenters. The fourth-order valence-corrected chi connectivity index (χ4v) is 2.94. The van der Waals surface area contributed by atoms with E-state index in [2.05, 4.69) is 10.3 Å². The molecule has 1 aromatic heterocycles. The predicted molar refractivity (Wildman–Crippen MR) is 112 cm³/mol. The van der Waals surface area contributed by atoms with Gasteiger partial charge in [-0.3, -0.25) is 9.59 Å². The number of methoxy groups -OCH3 is 3. The first-order chi connectivity index (χ1) is 15.0. The van der Waals surface area contributed by atoms with Gasteiger partial charge < -0.3 is 19.5 Å². The Balaban J connectivity index is 1.77. The summed E-state index contributed by atoms with van der Waals surface area (Å²) in [7, 11) is 4.39. The van der Waals surface area contributed by atoms with Crippen LogP contribution in [0.15, 0.2) is 54.6 Å². The zero-order valence-corrected chi connectivity index (χ0v) is 17.3. The lowest BCUT2D eigenvalue weighted by Crippen LogP contribution is -2.30. The molecule has 8 heteroatoms. The van der Waals surface area contributed by atoms with Crippen molar-refractivity contribution in [3.63, 3.8) is 0 Å². The van der Waals surface area contributed by atoms with Gasteiger partial charge in [-0.15, -0.1) is 0 Å². The van der Waals surface area contributed by atoms with Crippen LogP contribution in [0.25, 0.3) is 11.3 Å². The third kappa shape index (κ3) is 4.80. The summed E-state index contributed by atoms with van der Waals surface area (Å²) in [6.45, 7) is -0.288. The first kappa shape index (κ1) is 21.8. The smallest absolute Gasteiger partial charge is 0.251 e. The van der Waals surface area contributed by atoms with Crippen LogP contribution in [0.3, 0.4) is 0 Å². The SMILES string of the molecule is COc1ccc(C(=O)NCC(=O)c2ccc(OC)c(-c3ccccc3F)n2)cc1OC. The Labute approximate surface area is 178 Å². The van der Waals surface area contributed by atoms with Crippen molar-refractivity contribution in [2.24, 2.45) is 0 Å². The minimum absolute atomic E-state index is 0.0756. The molecule has 0 aliphatic rings. The van der Waals surface area contributed by atoms with Gasteiger partial charge in [-0.05, 0) is 42.5 Å². The van der Waals surface area contributed by atoms with E-state index in [1.165, 1.54) is 45.6 Å². The molecule has 0 aliphatic carbocycles. The molecule has 0 saturated carbocycles. The number of Topliss-reactive ketones (excluding diaryl/α,β-unsaturated/α-hetero) is 1. The third-order valence-electron chi connectivity index (χ3n) is 4.55. The number of amides is 1. The second kappa shape index (κ2) is 9.71. The van der Waals surface area contributed by atoms with Crippen LogP contribution in [0, 0.1) is 5.82 Å². The fourth-order valence-electron chi connectivity index (χ4n) is 2.94. The molecule has 1 amide bonds. The molecule has 1 N–H and O–H groups in total. The highest BCUT2D eigenvalue weighted by molar-refractivity contribution is 6.01. The van der Waals surface area contributed by atoms with Crippen molar-refractivity contribution in [2.75, 3.05) is 27.9 Å². The van der Waals surface area contributed by atoms with Crippen molar-refractivity contribution in [2.45, 2.75) is 0 Å². The van der Waals surface area contributed by atoms with E-state index >= 15 is 0 Å². The Hall–Kier alpha value is -3.94. The van der Waals surface area contributed by atoms with E-state index in [-0.39, 0.29) is 23.5 Å². The Kier molecular flexibility index (Phi) is 6.81. The summed E-state index contributed by atoms with van der Waals surface area (Å²) in [5, 5.41) is 2.56. The third-order valence-corrected chi connectivity index (χ3v) is 4.55. The highest BCUT2D eigenvalue weighted by Gasteiger charge is 2.17. The number of nitrogens with one attached hydrogen (secondary N) is 1. The summed E-state index contributed by atoms with van der Waals surface area (Å²) in [6, 6.07) is 13.8. The molecule has 3 rings (SSSR count). The van der Waals surface area contributed by atoms with Crippen LogP contribution in [0.5, 0.6) is 17.2 Å². The summed E-state index contributed by atoms with van der Waals surface area (Å²) in [6.07, 6.45) is 0. The van der Waals surface area contributed by atoms with Crippen molar-refractivity contribution in [3.8, 4) is 28.5 Å². The molecule has 1 heterocycles. The maximum Gasteiger partial charge on any atom is 0.251 e. The number of ketones is 1. The lowest BCUT2D eigenvalue weighted by Gasteiger charge is -2.11. The van der Waals surface area contributed by atoms with Gasteiger partial charge in [-0.2, -0.15) is 0 Å². The minimum Gasteiger partial charge on any atom is -0.494 e. The number of rotatable bonds is 8. The van der Waals surface area contributed by atoms with Gasteiger partial charge in [0.15, 0.2) is 17.3 Å². The van der Waals surface area contributed by atoms with Crippen LogP contribution < -0.4 is 19.5 Å². The molecule has 0 aliphatic heterocycles. The number of carbonyl (C=O) groups is 2. The van der Waals surface area contributed by atoms with Gasteiger partial charge in [0.2, 0.25) is 0 Å². The van der Waals surface area contributed by atoms with Gasteiger partial charge in [0.1, 0.15) is 23.0 Å². The number of pyridine rings is 1. The maximum absolute atomic E-state index is 14.2. The minimum atomic E-state index is -0.486. The van der Waals surface area contributed by atoms with Crippen LogP contribution in [-0.2, 0) is 0 Å². The van der Waals surface area contributed by atoms with Crippen LogP contribution in [0.2, 0.25) is 0 Å². The zero-order chi connectivity index (χ0) is 22.4. The molecule has 3 aromatic rings. The molecule has 2 aromatic carbocycles. The lowest BCUT2D eigenvalue weighted by molar-refractivity contribution is 0.0902. The standard InChI is InChI=1S/C23H21FN2O5/c1-29-19-10-8-14(12-21(19)31-3)23(28)25-13-18(27)17-9-11-20(30-2)22(26-17)15-6-4-5-7-16(15)24/h4-12H,13H2,1-3H3,(H,25,28). The molecule has 0 spiro atoms. The molecule has 0 saturated heterocycles. The van der Waals surface area contributed by atoms with Gasteiger partial charge in [0.25, 0.3) is 5.91 Å². The molecule has 0 atom stereocenters. The van der Waals surface area contributed by atoms with Crippen molar-refractivity contribution in [3.05, 3.63) is 71.7 Å². The Morgan fingerprint density at radius 1 is 0.903 bits per heavy atom. The average molecular weight is 424 g/mol. The van der Waals surface area contributed by atoms with E-state index in [1.807, 2.05) is 0 Å². The van der Waals surface area contributed by atoms with Gasteiger partial charge in [-0.25, -0.2) is 9.37 Å². The second-order valence-electron chi connectivity index (χ2n) is 6.40. The number of ether oxygens (including phenoxy) is 3. The summed E-state index contributed by atoms with van der Waals surface area (Å²) < 4.78 is 29.8. The predicted octanol–water partition coefficient (Wildman–Crippen LogP) is 3.53. The van der Waals surface area contributed by atoms with E-state index in [0.717, 1.165) is 0 Å². The maximum atomic E-state index is 14.2. The summed E-state index contributed by atoms with van der Waals surface area (Å²) in [4.78, 5) is 29.3. The molecule has 0 fully saturated rings. The normalized spacial score (nSPS) is 10.3. The Bertz CT molecular complexity index is 1120. The molecule has 31 heavy (non-hydrogen) atoms. The van der Waals surface area contributed by atoms with Crippen molar-refractivity contribution in [1.82, 2.24) is 10.3 Å². The molecule has 0 radical (unpaired) electrons. The van der Waals surface area contributed by atoms with Crippen molar-refractivity contribution < 1.29 is 28.2 Å². The molecular formula is C23H21FN2O5. The van der Waals surface area contributed by atoms with Crippen LogP contribution in [0.4, 0.5) is 4.39 Å². The van der Waals surface area contributed by atoms with Gasteiger partial charge in [0, 0.05) is 11.1 Å². The quantitative estimate of drug-likeness (QED) is 0.557.